The van der Waals surface area contributed by atoms with E-state index >= 15 is 0 Å². The lowest BCUT2D eigenvalue weighted by atomic mass is 9.99. The van der Waals surface area contributed by atoms with Gasteiger partial charge in [-0.15, -0.1) is 0 Å². The summed E-state index contributed by atoms with van der Waals surface area (Å²) >= 11 is 0. The van der Waals surface area contributed by atoms with E-state index in [2.05, 4.69) is 11.9 Å². The first kappa shape index (κ1) is 13.8. The van der Waals surface area contributed by atoms with E-state index in [0.717, 1.165) is 25.1 Å². The first-order valence-electron chi connectivity index (χ1n) is 6.20. The summed E-state index contributed by atoms with van der Waals surface area (Å²) in [7, 11) is 0. The maximum Gasteiger partial charge on any atom is 0.433 e. The van der Waals surface area contributed by atoms with Gasteiger partial charge in [-0.1, -0.05) is 6.92 Å². The summed E-state index contributed by atoms with van der Waals surface area (Å²) < 4.78 is 37.1. The molecule has 0 aromatic carbocycles. The zero-order chi connectivity index (χ0) is 14.0. The summed E-state index contributed by atoms with van der Waals surface area (Å²) in [6, 6.07) is 2.04. The van der Waals surface area contributed by atoms with Crippen LogP contribution in [0.15, 0.2) is 18.3 Å². The van der Waals surface area contributed by atoms with Gasteiger partial charge in [0.1, 0.15) is 5.69 Å². The molecule has 0 unspecified atom stereocenters. The van der Waals surface area contributed by atoms with Crippen LogP contribution in [0.1, 0.15) is 35.8 Å². The van der Waals surface area contributed by atoms with E-state index in [-0.39, 0.29) is 11.5 Å². The van der Waals surface area contributed by atoms with Crippen molar-refractivity contribution < 1.29 is 18.0 Å². The van der Waals surface area contributed by atoms with Crippen LogP contribution in [0.25, 0.3) is 0 Å². The van der Waals surface area contributed by atoms with Crippen molar-refractivity contribution in [2.75, 3.05) is 13.1 Å². The van der Waals surface area contributed by atoms with Crippen molar-refractivity contribution in [3.05, 3.63) is 29.6 Å². The summed E-state index contributed by atoms with van der Waals surface area (Å²) in [5, 5.41) is 0. The van der Waals surface area contributed by atoms with E-state index in [0.29, 0.717) is 19.0 Å². The van der Waals surface area contributed by atoms with Crippen LogP contribution in [0.3, 0.4) is 0 Å². The number of hydrogen-bond donors (Lipinski definition) is 0. The quantitative estimate of drug-likeness (QED) is 0.787. The molecule has 1 fully saturated rings. The minimum absolute atomic E-state index is 0.211. The van der Waals surface area contributed by atoms with E-state index in [9.17, 15) is 18.0 Å². The molecule has 0 saturated carbocycles. The van der Waals surface area contributed by atoms with Gasteiger partial charge in [-0.2, -0.15) is 13.2 Å². The van der Waals surface area contributed by atoms with Crippen molar-refractivity contribution in [2.45, 2.75) is 25.9 Å². The molecule has 2 heterocycles. The van der Waals surface area contributed by atoms with E-state index in [1.165, 1.54) is 6.07 Å². The monoisotopic (exact) mass is 272 g/mol. The van der Waals surface area contributed by atoms with Gasteiger partial charge in [-0.25, -0.2) is 0 Å². The minimum Gasteiger partial charge on any atom is -0.339 e. The molecule has 104 valence electrons. The van der Waals surface area contributed by atoms with Gasteiger partial charge >= 0.3 is 6.18 Å². The molecule has 3 nitrogen and oxygen atoms in total. The lowest BCUT2D eigenvalue weighted by molar-refractivity contribution is -0.141. The predicted octanol–water partition coefficient (Wildman–Crippen LogP) is 2.97. The maximum absolute atomic E-state index is 12.4. The molecule has 0 aliphatic carbocycles. The van der Waals surface area contributed by atoms with Crippen LogP contribution in [-0.4, -0.2) is 28.9 Å². The third kappa shape index (κ3) is 3.24. The van der Waals surface area contributed by atoms with Crippen LogP contribution in [0, 0.1) is 5.92 Å². The molecule has 2 rings (SSSR count). The Kier molecular flexibility index (Phi) is 3.78. The predicted molar refractivity (Wildman–Crippen MR) is 63.5 cm³/mol. The smallest absolute Gasteiger partial charge is 0.339 e. The molecule has 0 radical (unpaired) electrons. The Morgan fingerprint density at radius 1 is 1.32 bits per heavy atom. The molecule has 1 saturated heterocycles. The molecule has 0 spiro atoms. The fourth-order valence-electron chi connectivity index (χ4n) is 2.08. The zero-order valence-corrected chi connectivity index (χ0v) is 10.6. The molecule has 1 aliphatic rings. The van der Waals surface area contributed by atoms with Gasteiger partial charge in [-0.3, -0.25) is 9.78 Å². The Morgan fingerprint density at radius 2 is 1.95 bits per heavy atom. The number of carbonyl (C=O) groups is 1. The van der Waals surface area contributed by atoms with Crippen molar-refractivity contribution in [3.63, 3.8) is 0 Å². The lowest BCUT2D eigenvalue weighted by Crippen LogP contribution is -2.38. The van der Waals surface area contributed by atoms with Crippen molar-refractivity contribution in [1.82, 2.24) is 9.88 Å². The Bertz CT molecular complexity index is 448. The highest BCUT2D eigenvalue weighted by Gasteiger charge is 2.32. The third-order valence-corrected chi connectivity index (χ3v) is 3.37. The minimum atomic E-state index is -4.47. The number of amides is 1. The van der Waals surface area contributed by atoms with Gasteiger partial charge in [-0.05, 0) is 30.9 Å². The van der Waals surface area contributed by atoms with E-state index in [1.54, 1.807) is 4.90 Å². The van der Waals surface area contributed by atoms with Crippen molar-refractivity contribution in [2.24, 2.45) is 5.92 Å². The number of carbonyl (C=O) groups excluding carboxylic acids is 1. The number of halogens is 3. The average Bonchev–Trinajstić information content (AvgIpc) is 2.38. The van der Waals surface area contributed by atoms with Gasteiger partial charge < -0.3 is 4.90 Å². The number of likely N-dealkylation sites (tertiary alicyclic amines) is 1. The molecule has 0 bridgehead atoms. The van der Waals surface area contributed by atoms with Gasteiger partial charge in [0, 0.05) is 19.3 Å². The highest BCUT2D eigenvalue weighted by Crippen LogP contribution is 2.27. The second-order valence-corrected chi connectivity index (χ2v) is 4.90. The molecule has 1 amide bonds. The fourth-order valence-corrected chi connectivity index (χ4v) is 2.08. The number of alkyl halides is 3. The first-order valence-corrected chi connectivity index (χ1v) is 6.20. The number of nitrogens with zero attached hydrogens (tertiary/aromatic N) is 2. The van der Waals surface area contributed by atoms with Crippen LogP contribution in [-0.2, 0) is 6.18 Å². The molecule has 19 heavy (non-hydrogen) atoms. The molecule has 0 N–H and O–H groups in total. The zero-order valence-electron chi connectivity index (χ0n) is 10.6. The fraction of sp³-hybridized carbons (Fsp3) is 0.538. The maximum atomic E-state index is 12.4. The highest BCUT2D eigenvalue weighted by molar-refractivity contribution is 5.94. The largest absolute Gasteiger partial charge is 0.433 e. The van der Waals surface area contributed by atoms with Gasteiger partial charge in [0.15, 0.2) is 0 Å². The van der Waals surface area contributed by atoms with Gasteiger partial charge in [0.25, 0.3) is 5.91 Å². The molecule has 0 atom stereocenters. The Morgan fingerprint density at radius 3 is 2.42 bits per heavy atom. The van der Waals surface area contributed by atoms with Crippen molar-refractivity contribution >= 4 is 5.91 Å². The van der Waals surface area contributed by atoms with Gasteiger partial charge in [0.05, 0.1) is 5.56 Å². The summed E-state index contributed by atoms with van der Waals surface area (Å²) in [4.78, 5) is 17.1. The van der Waals surface area contributed by atoms with E-state index < -0.39 is 11.9 Å². The van der Waals surface area contributed by atoms with E-state index in [4.69, 9.17) is 0 Å². The molecule has 1 aliphatic heterocycles. The molecule has 1 aromatic heterocycles. The molecular weight excluding hydrogens is 257 g/mol. The van der Waals surface area contributed by atoms with Crippen LogP contribution in [0.5, 0.6) is 0 Å². The number of piperidine rings is 1. The van der Waals surface area contributed by atoms with E-state index in [1.807, 2.05) is 0 Å². The third-order valence-electron chi connectivity index (χ3n) is 3.37. The normalized spacial score (nSPS) is 17.6. The summed E-state index contributed by atoms with van der Waals surface area (Å²) in [6.45, 7) is 3.43. The molecule has 6 heteroatoms. The van der Waals surface area contributed by atoms with Gasteiger partial charge in [0.2, 0.25) is 0 Å². The Hall–Kier alpha value is -1.59. The second-order valence-electron chi connectivity index (χ2n) is 4.90. The number of hydrogen-bond acceptors (Lipinski definition) is 2. The first-order chi connectivity index (χ1) is 8.88. The lowest BCUT2D eigenvalue weighted by Gasteiger charge is -2.30. The topological polar surface area (TPSA) is 33.2 Å². The van der Waals surface area contributed by atoms with Crippen molar-refractivity contribution in [3.8, 4) is 0 Å². The summed E-state index contributed by atoms with van der Waals surface area (Å²) in [5.74, 6) is 0.350. The Balaban J connectivity index is 2.08. The summed E-state index contributed by atoms with van der Waals surface area (Å²) in [6.07, 6.45) is -1.61. The van der Waals surface area contributed by atoms with Crippen molar-refractivity contribution in [1.29, 1.82) is 0 Å². The van der Waals surface area contributed by atoms with Crippen LogP contribution in [0.4, 0.5) is 13.2 Å². The van der Waals surface area contributed by atoms with Crippen LogP contribution >= 0.6 is 0 Å². The van der Waals surface area contributed by atoms with Crippen LogP contribution < -0.4 is 0 Å². The summed E-state index contributed by atoms with van der Waals surface area (Å²) in [5.41, 5.74) is -0.765. The number of pyridine rings is 1. The highest BCUT2D eigenvalue weighted by atomic mass is 19.4. The Labute approximate surface area is 109 Å². The molecular formula is C13H15F3N2O. The number of aromatic nitrogens is 1. The van der Waals surface area contributed by atoms with Crippen LogP contribution in [0.2, 0.25) is 0 Å². The molecule has 1 aromatic rings. The second kappa shape index (κ2) is 5.19. The SMILES string of the molecule is CC1CCN(C(=O)c2ccc(C(F)(F)F)nc2)CC1. The number of rotatable bonds is 1. The standard InChI is InChI=1S/C13H15F3N2O/c1-9-4-6-18(7-5-9)12(19)10-2-3-11(17-8-10)13(14,15)16/h2-3,8-9H,4-7H2,1H3. The average molecular weight is 272 g/mol.